The maximum atomic E-state index is 3.58. The molecule has 0 saturated carbocycles. The summed E-state index contributed by atoms with van der Waals surface area (Å²) in [5.74, 6) is 1.78. The van der Waals surface area contributed by atoms with Crippen molar-refractivity contribution in [1.82, 2.24) is 10.2 Å². The number of rotatable bonds is 2. The molecule has 0 aromatic rings. The van der Waals surface area contributed by atoms with Crippen molar-refractivity contribution in [2.45, 2.75) is 26.3 Å². The second-order valence-corrected chi connectivity index (χ2v) is 4.72. The molecule has 0 radical (unpaired) electrons. The standard InChI is InChI=1S/C10H20N2/c1-8(2)5-12-6-9-3-4-11-10(9)7-12/h8-11H,3-7H2,1-2H3/t9-,10+/m0/s1. The Kier molecular flexibility index (Phi) is 2.37. The van der Waals surface area contributed by atoms with Crippen molar-refractivity contribution in [3.05, 3.63) is 0 Å². The summed E-state index contributed by atoms with van der Waals surface area (Å²) in [5, 5.41) is 3.58. The van der Waals surface area contributed by atoms with Gasteiger partial charge in [0.25, 0.3) is 0 Å². The highest BCUT2D eigenvalue weighted by Gasteiger charge is 2.35. The van der Waals surface area contributed by atoms with Crippen molar-refractivity contribution < 1.29 is 0 Å². The summed E-state index contributed by atoms with van der Waals surface area (Å²) >= 11 is 0. The van der Waals surface area contributed by atoms with Crippen LogP contribution in [0.3, 0.4) is 0 Å². The van der Waals surface area contributed by atoms with Gasteiger partial charge in [-0.05, 0) is 24.8 Å². The maximum absolute atomic E-state index is 3.58. The van der Waals surface area contributed by atoms with Crippen LogP contribution < -0.4 is 5.32 Å². The van der Waals surface area contributed by atoms with Crippen LogP contribution in [0, 0.1) is 11.8 Å². The largest absolute Gasteiger partial charge is 0.312 e. The lowest BCUT2D eigenvalue weighted by Crippen LogP contribution is -2.31. The quantitative estimate of drug-likeness (QED) is 0.660. The van der Waals surface area contributed by atoms with Crippen LogP contribution in [0.5, 0.6) is 0 Å². The fraction of sp³-hybridized carbons (Fsp3) is 1.00. The molecule has 2 rings (SSSR count). The monoisotopic (exact) mass is 168 g/mol. The third-order valence-electron chi connectivity index (χ3n) is 3.06. The van der Waals surface area contributed by atoms with Crippen molar-refractivity contribution in [3.63, 3.8) is 0 Å². The summed E-state index contributed by atoms with van der Waals surface area (Å²) in [7, 11) is 0. The van der Waals surface area contributed by atoms with E-state index in [4.69, 9.17) is 0 Å². The Bertz CT molecular complexity index is 144. The van der Waals surface area contributed by atoms with Gasteiger partial charge < -0.3 is 10.2 Å². The molecule has 2 fully saturated rings. The van der Waals surface area contributed by atoms with Crippen molar-refractivity contribution in [1.29, 1.82) is 0 Å². The molecule has 2 saturated heterocycles. The topological polar surface area (TPSA) is 15.3 Å². The second-order valence-electron chi connectivity index (χ2n) is 4.72. The van der Waals surface area contributed by atoms with E-state index in [0.717, 1.165) is 17.9 Å². The highest BCUT2D eigenvalue weighted by Crippen LogP contribution is 2.24. The summed E-state index contributed by atoms with van der Waals surface area (Å²) < 4.78 is 0. The molecular weight excluding hydrogens is 148 g/mol. The average molecular weight is 168 g/mol. The summed E-state index contributed by atoms with van der Waals surface area (Å²) in [4.78, 5) is 2.62. The molecule has 0 aliphatic carbocycles. The van der Waals surface area contributed by atoms with Crippen molar-refractivity contribution in [2.75, 3.05) is 26.2 Å². The summed E-state index contributed by atoms with van der Waals surface area (Å²) in [6, 6.07) is 0.823. The van der Waals surface area contributed by atoms with Gasteiger partial charge in [0.05, 0.1) is 0 Å². The first-order valence-corrected chi connectivity index (χ1v) is 5.21. The summed E-state index contributed by atoms with van der Waals surface area (Å²) in [6.45, 7) is 9.79. The zero-order valence-corrected chi connectivity index (χ0v) is 8.21. The molecule has 0 amide bonds. The number of likely N-dealkylation sites (tertiary alicyclic amines) is 1. The molecule has 70 valence electrons. The number of nitrogens with zero attached hydrogens (tertiary/aromatic N) is 1. The minimum atomic E-state index is 0.823. The van der Waals surface area contributed by atoms with Crippen LogP contribution >= 0.6 is 0 Å². The van der Waals surface area contributed by atoms with Crippen LogP contribution in [0.2, 0.25) is 0 Å². The van der Waals surface area contributed by atoms with Crippen LogP contribution in [0.4, 0.5) is 0 Å². The SMILES string of the molecule is CC(C)CN1C[C@@H]2CCN[C@@H]2C1. The number of fused-ring (bicyclic) bond motifs is 1. The first kappa shape index (κ1) is 8.52. The number of hydrogen-bond donors (Lipinski definition) is 1. The maximum Gasteiger partial charge on any atom is 0.0235 e. The lowest BCUT2D eigenvalue weighted by molar-refractivity contribution is 0.279. The molecule has 2 nitrogen and oxygen atoms in total. The second kappa shape index (κ2) is 3.35. The Balaban J connectivity index is 1.82. The van der Waals surface area contributed by atoms with Crippen LogP contribution in [0.15, 0.2) is 0 Å². The lowest BCUT2D eigenvalue weighted by atomic mass is 10.1. The van der Waals surface area contributed by atoms with Crippen molar-refractivity contribution >= 4 is 0 Å². The van der Waals surface area contributed by atoms with E-state index < -0.39 is 0 Å². The highest BCUT2D eigenvalue weighted by atomic mass is 15.2. The van der Waals surface area contributed by atoms with Gasteiger partial charge in [-0.3, -0.25) is 0 Å². The molecule has 0 unspecified atom stereocenters. The van der Waals surface area contributed by atoms with Gasteiger partial charge in [-0.25, -0.2) is 0 Å². The van der Waals surface area contributed by atoms with E-state index in [0.29, 0.717) is 0 Å². The van der Waals surface area contributed by atoms with Gasteiger partial charge in [0.2, 0.25) is 0 Å². The van der Waals surface area contributed by atoms with Crippen molar-refractivity contribution in [3.8, 4) is 0 Å². The fourth-order valence-electron chi connectivity index (χ4n) is 2.60. The van der Waals surface area contributed by atoms with E-state index in [1.807, 2.05) is 0 Å². The third-order valence-corrected chi connectivity index (χ3v) is 3.06. The predicted molar refractivity (Wildman–Crippen MR) is 51.2 cm³/mol. The Morgan fingerprint density at radius 2 is 2.25 bits per heavy atom. The highest BCUT2D eigenvalue weighted by molar-refractivity contribution is 4.93. The molecule has 0 aromatic heterocycles. The predicted octanol–water partition coefficient (Wildman–Crippen LogP) is 0.936. The van der Waals surface area contributed by atoms with E-state index in [1.54, 1.807) is 0 Å². The van der Waals surface area contributed by atoms with E-state index in [1.165, 1.54) is 32.6 Å². The van der Waals surface area contributed by atoms with Crippen LogP contribution in [0.25, 0.3) is 0 Å². The Morgan fingerprint density at radius 1 is 1.42 bits per heavy atom. The zero-order chi connectivity index (χ0) is 8.55. The molecule has 12 heavy (non-hydrogen) atoms. The van der Waals surface area contributed by atoms with Crippen LogP contribution in [0.1, 0.15) is 20.3 Å². The molecule has 1 N–H and O–H groups in total. The number of nitrogens with one attached hydrogen (secondary N) is 1. The van der Waals surface area contributed by atoms with E-state index in [-0.39, 0.29) is 0 Å². The fourth-order valence-corrected chi connectivity index (χ4v) is 2.60. The van der Waals surface area contributed by atoms with E-state index in [9.17, 15) is 0 Å². The molecule has 2 atom stereocenters. The molecule has 2 aliphatic heterocycles. The summed E-state index contributed by atoms with van der Waals surface area (Å²) in [5.41, 5.74) is 0. The molecule has 0 aromatic carbocycles. The first-order chi connectivity index (χ1) is 5.75. The van der Waals surface area contributed by atoms with Gasteiger partial charge in [0.1, 0.15) is 0 Å². The Morgan fingerprint density at radius 3 is 2.92 bits per heavy atom. The van der Waals surface area contributed by atoms with Gasteiger partial charge >= 0.3 is 0 Å². The van der Waals surface area contributed by atoms with Crippen molar-refractivity contribution in [2.24, 2.45) is 11.8 Å². The molecular formula is C10H20N2. The normalized spacial score (nSPS) is 36.2. The summed E-state index contributed by atoms with van der Waals surface area (Å²) in [6.07, 6.45) is 1.40. The smallest absolute Gasteiger partial charge is 0.0235 e. The molecule has 0 bridgehead atoms. The minimum absolute atomic E-state index is 0.823. The van der Waals surface area contributed by atoms with Gasteiger partial charge in [-0.2, -0.15) is 0 Å². The average Bonchev–Trinajstić information content (AvgIpc) is 2.43. The number of hydrogen-bond acceptors (Lipinski definition) is 2. The van der Waals surface area contributed by atoms with Crippen LogP contribution in [-0.2, 0) is 0 Å². The molecule has 2 heteroatoms. The minimum Gasteiger partial charge on any atom is -0.312 e. The molecule has 2 aliphatic rings. The molecule has 0 spiro atoms. The van der Waals surface area contributed by atoms with Gasteiger partial charge in [0.15, 0.2) is 0 Å². The first-order valence-electron chi connectivity index (χ1n) is 5.21. The van der Waals surface area contributed by atoms with Gasteiger partial charge in [-0.15, -0.1) is 0 Å². The van der Waals surface area contributed by atoms with E-state index >= 15 is 0 Å². The Labute approximate surface area is 75.3 Å². The zero-order valence-electron chi connectivity index (χ0n) is 8.21. The van der Waals surface area contributed by atoms with Gasteiger partial charge in [-0.1, -0.05) is 13.8 Å². The molecule has 2 heterocycles. The Hall–Kier alpha value is -0.0800. The third kappa shape index (κ3) is 1.64. The van der Waals surface area contributed by atoms with E-state index in [2.05, 4.69) is 24.1 Å². The van der Waals surface area contributed by atoms with Gasteiger partial charge in [0, 0.05) is 25.7 Å². The lowest BCUT2D eigenvalue weighted by Gasteiger charge is -2.18. The van der Waals surface area contributed by atoms with Crippen LogP contribution in [-0.4, -0.2) is 37.1 Å².